The average Bonchev–Trinajstić information content (AvgIpc) is 3.23. The Balaban J connectivity index is 1.74. The lowest BCUT2D eigenvalue weighted by atomic mass is 10.3. The van der Waals surface area contributed by atoms with Crippen molar-refractivity contribution in [2.24, 2.45) is 0 Å². The highest BCUT2D eigenvalue weighted by molar-refractivity contribution is 5.51. The highest BCUT2D eigenvalue weighted by Gasteiger charge is 2.18. The lowest BCUT2D eigenvalue weighted by Crippen LogP contribution is -2.01. The number of hydrogen-bond donors (Lipinski definition) is 0. The fraction of sp³-hybridized carbons (Fsp3) is 0.143. The van der Waals surface area contributed by atoms with Crippen molar-refractivity contribution < 1.29 is 23.3 Å². The standard InChI is InChI=1S/C14H11N3O6/c1-20-9-4-5-11(10(7-9)17(18)19)22-8-13-15-14(23-16-13)12-3-2-6-21-12/h2-7H,8H2,1H3. The highest BCUT2D eigenvalue weighted by atomic mass is 16.6. The summed E-state index contributed by atoms with van der Waals surface area (Å²) >= 11 is 0. The van der Waals surface area contributed by atoms with Crippen molar-refractivity contribution in [2.45, 2.75) is 6.61 Å². The van der Waals surface area contributed by atoms with Crippen LogP contribution in [0.1, 0.15) is 5.82 Å². The fourth-order valence-corrected chi connectivity index (χ4v) is 1.84. The van der Waals surface area contributed by atoms with Crippen LogP contribution < -0.4 is 9.47 Å². The molecule has 2 aromatic heterocycles. The Morgan fingerprint density at radius 2 is 2.22 bits per heavy atom. The first-order valence-electron chi connectivity index (χ1n) is 6.49. The zero-order valence-corrected chi connectivity index (χ0v) is 12.0. The molecule has 9 nitrogen and oxygen atoms in total. The molecule has 0 fully saturated rings. The number of furan rings is 1. The Morgan fingerprint density at radius 1 is 1.35 bits per heavy atom. The topological polar surface area (TPSA) is 114 Å². The molecule has 1 aromatic carbocycles. The number of nitro benzene ring substituents is 1. The van der Waals surface area contributed by atoms with Gasteiger partial charge in [0.15, 0.2) is 18.1 Å². The molecular weight excluding hydrogens is 306 g/mol. The van der Waals surface area contributed by atoms with E-state index in [-0.39, 0.29) is 29.8 Å². The summed E-state index contributed by atoms with van der Waals surface area (Å²) in [7, 11) is 1.43. The largest absolute Gasteiger partial charge is 0.496 e. The number of rotatable bonds is 6. The summed E-state index contributed by atoms with van der Waals surface area (Å²) < 4.78 is 20.5. The minimum Gasteiger partial charge on any atom is -0.496 e. The molecule has 0 N–H and O–H groups in total. The van der Waals surface area contributed by atoms with E-state index in [1.807, 2.05) is 0 Å². The van der Waals surface area contributed by atoms with Gasteiger partial charge in [-0.25, -0.2) is 0 Å². The maximum Gasteiger partial charge on any atom is 0.314 e. The van der Waals surface area contributed by atoms with Crippen LogP contribution in [0.2, 0.25) is 0 Å². The van der Waals surface area contributed by atoms with E-state index in [9.17, 15) is 10.1 Å². The minimum absolute atomic E-state index is 0.0835. The number of aromatic nitrogens is 2. The number of ether oxygens (including phenoxy) is 2. The third-order valence-electron chi connectivity index (χ3n) is 2.92. The SMILES string of the molecule is COc1ccc(OCc2noc(-c3ccco3)n2)c([N+](=O)[O-])c1. The molecular formula is C14H11N3O6. The average molecular weight is 317 g/mol. The van der Waals surface area contributed by atoms with Gasteiger partial charge in [-0.1, -0.05) is 5.16 Å². The van der Waals surface area contributed by atoms with Crippen LogP contribution in [-0.4, -0.2) is 22.2 Å². The summed E-state index contributed by atoms with van der Waals surface area (Å²) in [6, 6.07) is 7.65. The third kappa shape index (κ3) is 3.12. The second-order valence-corrected chi connectivity index (χ2v) is 4.37. The second-order valence-electron chi connectivity index (χ2n) is 4.37. The van der Waals surface area contributed by atoms with Gasteiger partial charge in [-0.3, -0.25) is 10.1 Å². The fourth-order valence-electron chi connectivity index (χ4n) is 1.84. The molecule has 0 saturated heterocycles. The van der Waals surface area contributed by atoms with E-state index in [0.29, 0.717) is 11.5 Å². The summed E-state index contributed by atoms with van der Waals surface area (Å²) in [6.45, 7) is -0.0859. The number of hydrogen-bond acceptors (Lipinski definition) is 8. The summed E-state index contributed by atoms with van der Waals surface area (Å²) in [5.74, 6) is 1.32. The van der Waals surface area contributed by atoms with Crippen LogP contribution >= 0.6 is 0 Å². The quantitative estimate of drug-likeness (QED) is 0.503. The molecule has 0 aliphatic heterocycles. The van der Waals surface area contributed by atoms with E-state index in [4.69, 9.17) is 18.4 Å². The minimum atomic E-state index is -0.553. The van der Waals surface area contributed by atoms with Gasteiger partial charge in [-0.2, -0.15) is 4.98 Å². The molecule has 3 rings (SSSR count). The molecule has 2 heterocycles. The summed E-state index contributed by atoms with van der Waals surface area (Å²) in [4.78, 5) is 14.6. The first-order valence-corrected chi connectivity index (χ1v) is 6.49. The Labute approximate surface area is 129 Å². The van der Waals surface area contributed by atoms with Gasteiger partial charge >= 0.3 is 5.69 Å². The third-order valence-corrected chi connectivity index (χ3v) is 2.92. The van der Waals surface area contributed by atoms with Gasteiger partial charge in [-0.15, -0.1) is 0 Å². The van der Waals surface area contributed by atoms with Gasteiger partial charge in [0.05, 0.1) is 24.4 Å². The van der Waals surface area contributed by atoms with Crippen molar-refractivity contribution in [1.29, 1.82) is 0 Å². The summed E-state index contributed by atoms with van der Waals surface area (Å²) in [5, 5.41) is 14.8. The van der Waals surface area contributed by atoms with Gasteiger partial charge in [0.25, 0.3) is 5.89 Å². The second kappa shape index (κ2) is 6.18. The molecule has 0 aliphatic carbocycles. The molecule has 0 unspecified atom stereocenters. The van der Waals surface area contributed by atoms with E-state index in [1.54, 1.807) is 18.2 Å². The van der Waals surface area contributed by atoms with Crippen molar-refractivity contribution in [3.05, 3.63) is 52.5 Å². The van der Waals surface area contributed by atoms with Gasteiger partial charge in [-0.05, 0) is 24.3 Å². The monoisotopic (exact) mass is 317 g/mol. The van der Waals surface area contributed by atoms with E-state index in [1.165, 1.54) is 25.5 Å². The van der Waals surface area contributed by atoms with Crippen LogP contribution in [0.25, 0.3) is 11.7 Å². The zero-order chi connectivity index (χ0) is 16.2. The molecule has 0 bridgehead atoms. The van der Waals surface area contributed by atoms with Crippen molar-refractivity contribution in [3.8, 4) is 23.1 Å². The molecule has 23 heavy (non-hydrogen) atoms. The molecule has 0 aliphatic rings. The zero-order valence-electron chi connectivity index (χ0n) is 12.0. The predicted octanol–water partition coefficient (Wildman–Crippen LogP) is 2.83. The van der Waals surface area contributed by atoms with Crippen molar-refractivity contribution in [2.75, 3.05) is 7.11 Å². The first-order chi connectivity index (χ1) is 11.2. The van der Waals surface area contributed by atoms with Crippen LogP contribution in [0, 0.1) is 10.1 Å². The van der Waals surface area contributed by atoms with Crippen LogP contribution in [-0.2, 0) is 6.61 Å². The Morgan fingerprint density at radius 3 is 2.91 bits per heavy atom. The number of benzene rings is 1. The number of nitrogens with zero attached hydrogens (tertiary/aromatic N) is 3. The molecule has 0 amide bonds. The Bertz CT molecular complexity index is 812. The van der Waals surface area contributed by atoms with Crippen LogP contribution in [0.4, 0.5) is 5.69 Å². The van der Waals surface area contributed by atoms with E-state index < -0.39 is 4.92 Å². The molecule has 9 heteroatoms. The lowest BCUT2D eigenvalue weighted by Gasteiger charge is -2.06. The van der Waals surface area contributed by atoms with Gasteiger partial charge in [0, 0.05) is 0 Å². The molecule has 3 aromatic rings. The van der Waals surface area contributed by atoms with Crippen LogP contribution in [0.5, 0.6) is 11.5 Å². The summed E-state index contributed by atoms with van der Waals surface area (Å²) in [6.07, 6.45) is 1.48. The van der Waals surface area contributed by atoms with Crippen LogP contribution in [0.3, 0.4) is 0 Å². The molecule has 118 valence electrons. The highest BCUT2D eigenvalue weighted by Crippen LogP contribution is 2.31. The van der Waals surface area contributed by atoms with Gasteiger partial charge < -0.3 is 18.4 Å². The van der Waals surface area contributed by atoms with Crippen molar-refractivity contribution >= 4 is 5.69 Å². The molecule has 0 saturated carbocycles. The van der Waals surface area contributed by atoms with E-state index >= 15 is 0 Å². The first kappa shape index (κ1) is 14.6. The van der Waals surface area contributed by atoms with Gasteiger partial charge in [0.1, 0.15) is 5.75 Å². The predicted molar refractivity (Wildman–Crippen MR) is 76.0 cm³/mol. The number of methoxy groups -OCH3 is 1. The number of nitro groups is 1. The van der Waals surface area contributed by atoms with Crippen molar-refractivity contribution in [3.63, 3.8) is 0 Å². The summed E-state index contributed by atoms with van der Waals surface area (Å²) in [5.41, 5.74) is -0.209. The van der Waals surface area contributed by atoms with Crippen molar-refractivity contribution in [1.82, 2.24) is 10.1 Å². The molecule has 0 atom stereocenters. The maximum absolute atomic E-state index is 11.1. The van der Waals surface area contributed by atoms with E-state index in [2.05, 4.69) is 10.1 Å². The Hall–Kier alpha value is -3.36. The lowest BCUT2D eigenvalue weighted by molar-refractivity contribution is -0.386. The normalized spacial score (nSPS) is 10.5. The molecule has 0 radical (unpaired) electrons. The van der Waals surface area contributed by atoms with Crippen LogP contribution in [0.15, 0.2) is 45.5 Å². The Kier molecular flexibility index (Phi) is 3.91. The maximum atomic E-state index is 11.1. The molecule has 0 spiro atoms. The smallest absolute Gasteiger partial charge is 0.314 e. The van der Waals surface area contributed by atoms with Gasteiger partial charge in [0.2, 0.25) is 5.82 Å². The van der Waals surface area contributed by atoms with E-state index in [0.717, 1.165) is 0 Å².